The van der Waals surface area contributed by atoms with E-state index in [9.17, 15) is 4.79 Å². The van der Waals surface area contributed by atoms with Gasteiger partial charge in [-0.15, -0.1) is 0 Å². The van der Waals surface area contributed by atoms with Crippen molar-refractivity contribution in [3.8, 4) is 0 Å². The van der Waals surface area contributed by atoms with E-state index in [1.165, 1.54) is 11.1 Å². The van der Waals surface area contributed by atoms with Crippen molar-refractivity contribution in [2.45, 2.75) is 26.8 Å². The van der Waals surface area contributed by atoms with E-state index in [0.717, 1.165) is 32.7 Å². The van der Waals surface area contributed by atoms with Crippen molar-refractivity contribution >= 4 is 5.91 Å². The molecule has 0 radical (unpaired) electrons. The van der Waals surface area contributed by atoms with Gasteiger partial charge >= 0.3 is 0 Å². The molecule has 98 valence electrons. The van der Waals surface area contributed by atoms with Crippen LogP contribution in [-0.2, 0) is 11.3 Å². The molecule has 1 amide bonds. The van der Waals surface area contributed by atoms with E-state index in [1.54, 1.807) is 0 Å². The Hall–Kier alpha value is -1.35. The molecule has 1 aromatic carbocycles. The Kier molecular flexibility index (Phi) is 4.37. The molecule has 2 rings (SSSR count). The molecule has 0 unspecified atom stereocenters. The van der Waals surface area contributed by atoms with Crippen molar-refractivity contribution in [1.29, 1.82) is 0 Å². The van der Waals surface area contributed by atoms with Crippen LogP contribution < -0.4 is 0 Å². The number of piperazine rings is 1. The van der Waals surface area contributed by atoms with Crippen LogP contribution in [0.1, 0.15) is 24.5 Å². The highest BCUT2D eigenvalue weighted by Gasteiger charge is 2.19. The molecule has 0 bridgehead atoms. The minimum absolute atomic E-state index is 0.282. The van der Waals surface area contributed by atoms with Crippen molar-refractivity contribution in [3.63, 3.8) is 0 Å². The number of hydrogen-bond donors (Lipinski definition) is 0. The maximum absolute atomic E-state index is 11.6. The number of aryl methyl sites for hydroxylation is 1. The predicted molar refractivity (Wildman–Crippen MR) is 73.3 cm³/mol. The standard InChI is InChI=1S/C15H22N2O/c1-3-15(18)17-10-8-16(9-11-17)12-14-6-4-13(2)5-7-14/h4-7H,3,8-12H2,1-2H3. The maximum Gasteiger partial charge on any atom is 0.222 e. The zero-order valence-corrected chi connectivity index (χ0v) is 11.4. The van der Waals surface area contributed by atoms with Gasteiger partial charge in [-0.05, 0) is 12.5 Å². The maximum atomic E-state index is 11.6. The fourth-order valence-electron chi connectivity index (χ4n) is 2.33. The second-order valence-corrected chi connectivity index (χ2v) is 5.00. The molecule has 18 heavy (non-hydrogen) atoms. The van der Waals surface area contributed by atoms with Crippen molar-refractivity contribution in [1.82, 2.24) is 9.80 Å². The third-order valence-corrected chi connectivity index (χ3v) is 3.55. The summed E-state index contributed by atoms with van der Waals surface area (Å²) < 4.78 is 0. The van der Waals surface area contributed by atoms with Gasteiger partial charge in [0, 0.05) is 39.1 Å². The Labute approximate surface area is 109 Å². The van der Waals surface area contributed by atoms with Crippen LogP contribution in [-0.4, -0.2) is 41.9 Å². The summed E-state index contributed by atoms with van der Waals surface area (Å²) in [5, 5.41) is 0. The van der Waals surface area contributed by atoms with Crippen LogP contribution in [0.4, 0.5) is 0 Å². The van der Waals surface area contributed by atoms with E-state index in [1.807, 2.05) is 11.8 Å². The van der Waals surface area contributed by atoms with Gasteiger partial charge < -0.3 is 4.90 Å². The van der Waals surface area contributed by atoms with Gasteiger partial charge in [-0.25, -0.2) is 0 Å². The third-order valence-electron chi connectivity index (χ3n) is 3.55. The van der Waals surface area contributed by atoms with E-state index >= 15 is 0 Å². The minimum Gasteiger partial charge on any atom is -0.340 e. The molecule has 0 aliphatic carbocycles. The quantitative estimate of drug-likeness (QED) is 0.815. The molecule has 1 fully saturated rings. The number of nitrogens with zero attached hydrogens (tertiary/aromatic N) is 2. The Morgan fingerprint density at radius 1 is 1.11 bits per heavy atom. The van der Waals surface area contributed by atoms with Crippen LogP contribution >= 0.6 is 0 Å². The summed E-state index contributed by atoms with van der Waals surface area (Å²) in [6.45, 7) is 8.75. The smallest absolute Gasteiger partial charge is 0.222 e. The minimum atomic E-state index is 0.282. The van der Waals surface area contributed by atoms with Crippen LogP contribution in [0.15, 0.2) is 24.3 Å². The van der Waals surface area contributed by atoms with E-state index in [2.05, 4.69) is 36.1 Å². The summed E-state index contributed by atoms with van der Waals surface area (Å²) in [6.07, 6.45) is 0.623. The zero-order valence-electron chi connectivity index (χ0n) is 11.4. The van der Waals surface area contributed by atoms with E-state index < -0.39 is 0 Å². The highest BCUT2D eigenvalue weighted by Crippen LogP contribution is 2.10. The molecule has 0 spiro atoms. The lowest BCUT2D eigenvalue weighted by atomic mass is 10.1. The number of hydrogen-bond acceptors (Lipinski definition) is 2. The normalized spacial score (nSPS) is 16.9. The molecule has 3 heteroatoms. The highest BCUT2D eigenvalue weighted by molar-refractivity contribution is 5.75. The van der Waals surface area contributed by atoms with Crippen LogP contribution in [0.2, 0.25) is 0 Å². The Bertz CT molecular complexity index is 391. The first kappa shape index (κ1) is 13.1. The average Bonchev–Trinajstić information content (AvgIpc) is 2.41. The second kappa shape index (κ2) is 6.01. The summed E-state index contributed by atoms with van der Waals surface area (Å²) in [6, 6.07) is 8.70. The summed E-state index contributed by atoms with van der Waals surface area (Å²) in [5.74, 6) is 0.282. The van der Waals surface area contributed by atoms with Crippen molar-refractivity contribution in [3.05, 3.63) is 35.4 Å². The van der Waals surface area contributed by atoms with Crippen LogP contribution in [0.3, 0.4) is 0 Å². The zero-order chi connectivity index (χ0) is 13.0. The van der Waals surface area contributed by atoms with Gasteiger partial charge in [0.1, 0.15) is 0 Å². The molecule has 0 N–H and O–H groups in total. The lowest BCUT2D eigenvalue weighted by Crippen LogP contribution is -2.48. The van der Waals surface area contributed by atoms with E-state index in [4.69, 9.17) is 0 Å². The monoisotopic (exact) mass is 246 g/mol. The van der Waals surface area contributed by atoms with Gasteiger partial charge in [0.05, 0.1) is 0 Å². The largest absolute Gasteiger partial charge is 0.340 e. The molecular formula is C15H22N2O. The van der Waals surface area contributed by atoms with Crippen LogP contribution in [0.25, 0.3) is 0 Å². The summed E-state index contributed by atoms with van der Waals surface area (Å²) in [5.41, 5.74) is 2.66. The summed E-state index contributed by atoms with van der Waals surface area (Å²) >= 11 is 0. The molecule has 3 nitrogen and oxygen atoms in total. The molecule has 0 atom stereocenters. The molecule has 1 aliphatic rings. The fourth-order valence-corrected chi connectivity index (χ4v) is 2.33. The molecule has 0 saturated carbocycles. The number of amides is 1. The summed E-state index contributed by atoms with van der Waals surface area (Å²) in [7, 11) is 0. The molecule has 1 aliphatic heterocycles. The molecule has 1 saturated heterocycles. The van der Waals surface area contributed by atoms with Gasteiger partial charge in [0.25, 0.3) is 0 Å². The molecule has 1 aromatic rings. The lowest BCUT2D eigenvalue weighted by Gasteiger charge is -2.34. The van der Waals surface area contributed by atoms with Gasteiger partial charge in [0.2, 0.25) is 5.91 Å². The topological polar surface area (TPSA) is 23.6 Å². The van der Waals surface area contributed by atoms with Crippen LogP contribution in [0.5, 0.6) is 0 Å². The SMILES string of the molecule is CCC(=O)N1CCN(Cc2ccc(C)cc2)CC1. The van der Waals surface area contributed by atoms with Gasteiger partial charge in [-0.3, -0.25) is 9.69 Å². The fraction of sp³-hybridized carbons (Fsp3) is 0.533. The van der Waals surface area contributed by atoms with Gasteiger partial charge in [-0.1, -0.05) is 36.8 Å². The molecule has 0 aromatic heterocycles. The second-order valence-electron chi connectivity index (χ2n) is 5.00. The number of benzene rings is 1. The summed E-state index contributed by atoms with van der Waals surface area (Å²) in [4.78, 5) is 16.0. The van der Waals surface area contributed by atoms with Crippen molar-refractivity contribution < 1.29 is 4.79 Å². The van der Waals surface area contributed by atoms with E-state index in [0.29, 0.717) is 6.42 Å². The van der Waals surface area contributed by atoms with Crippen LogP contribution in [0, 0.1) is 6.92 Å². The first-order chi connectivity index (χ1) is 8.69. The Morgan fingerprint density at radius 2 is 1.72 bits per heavy atom. The van der Waals surface area contributed by atoms with Gasteiger partial charge in [0.15, 0.2) is 0 Å². The Balaban J connectivity index is 1.83. The van der Waals surface area contributed by atoms with Gasteiger partial charge in [-0.2, -0.15) is 0 Å². The average molecular weight is 246 g/mol. The van der Waals surface area contributed by atoms with Crippen molar-refractivity contribution in [2.75, 3.05) is 26.2 Å². The predicted octanol–water partition coefficient (Wildman–Crippen LogP) is 2.05. The first-order valence-electron chi connectivity index (χ1n) is 6.74. The van der Waals surface area contributed by atoms with Crippen molar-refractivity contribution in [2.24, 2.45) is 0 Å². The molecular weight excluding hydrogens is 224 g/mol. The highest BCUT2D eigenvalue weighted by atomic mass is 16.2. The number of rotatable bonds is 3. The first-order valence-corrected chi connectivity index (χ1v) is 6.74. The lowest BCUT2D eigenvalue weighted by molar-refractivity contribution is -0.132. The third kappa shape index (κ3) is 3.33. The Morgan fingerprint density at radius 3 is 2.28 bits per heavy atom. The number of carbonyl (C=O) groups excluding carboxylic acids is 1. The van der Waals surface area contributed by atoms with E-state index in [-0.39, 0.29) is 5.91 Å². The molecule has 1 heterocycles. The number of carbonyl (C=O) groups is 1.